The second-order valence-electron chi connectivity index (χ2n) is 7.45. The molecule has 0 bridgehead atoms. The van der Waals surface area contributed by atoms with E-state index < -0.39 is 23.5 Å². The van der Waals surface area contributed by atoms with Gasteiger partial charge in [-0.2, -0.15) is 0 Å². The molecule has 2 heterocycles. The summed E-state index contributed by atoms with van der Waals surface area (Å²) in [4.78, 5) is 31.6. The predicted molar refractivity (Wildman–Crippen MR) is 124 cm³/mol. The number of hydrogen-bond acceptors (Lipinski definition) is 6. The molecule has 3 aromatic rings. The van der Waals surface area contributed by atoms with Crippen molar-refractivity contribution in [1.82, 2.24) is 4.98 Å². The molecule has 1 fully saturated rings. The van der Waals surface area contributed by atoms with E-state index in [0.29, 0.717) is 36.0 Å². The maximum Gasteiger partial charge on any atom is 0.300 e. The third kappa shape index (κ3) is 4.22. The minimum atomic E-state index is -0.950. The van der Waals surface area contributed by atoms with E-state index in [-0.39, 0.29) is 16.9 Å². The SMILES string of the molecule is CCOc1ccc(/C(O)=C2/C(=O)C(=O)N(c3ccc(F)cc3)C2c2ccncc2)c(OCC)c1. The van der Waals surface area contributed by atoms with Crippen LogP contribution in [-0.4, -0.2) is 35.0 Å². The Morgan fingerprint density at radius 1 is 1.00 bits per heavy atom. The molecule has 8 heteroatoms. The quantitative estimate of drug-likeness (QED) is 0.313. The summed E-state index contributed by atoms with van der Waals surface area (Å²) in [6, 6.07) is 12.5. The van der Waals surface area contributed by atoms with Crippen LogP contribution < -0.4 is 14.4 Å². The smallest absolute Gasteiger partial charge is 0.300 e. The lowest BCUT2D eigenvalue weighted by molar-refractivity contribution is -0.132. The number of rotatable bonds is 7. The zero-order chi connectivity index (χ0) is 24.2. The lowest BCUT2D eigenvalue weighted by Gasteiger charge is -2.25. The number of nitrogens with zero attached hydrogens (tertiary/aromatic N) is 2. The Morgan fingerprint density at radius 2 is 1.68 bits per heavy atom. The normalized spacial score (nSPS) is 17.1. The first-order valence-electron chi connectivity index (χ1n) is 10.8. The number of carbonyl (C=O) groups is 2. The van der Waals surface area contributed by atoms with Crippen molar-refractivity contribution in [2.45, 2.75) is 19.9 Å². The number of aromatic nitrogens is 1. The number of aliphatic hydroxyl groups is 1. The highest BCUT2D eigenvalue weighted by atomic mass is 19.1. The van der Waals surface area contributed by atoms with Crippen LogP contribution in [-0.2, 0) is 9.59 Å². The molecule has 1 unspecified atom stereocenters. The van der Waals surface area contributed by atoms with Gasteiger partial charge in [0, 0.05) is 24.1 Å². The van der Waals surface area contributed by atoms with Crippen LogP contribution in [0, 0.1) is 5.82 Å². The molecular weight excluding hydrogens is 439 g/mol. The van der Waals surface area contributed by atoms with Gasteiger partial charge < -0.3 is 14.6 Å². The summed E-state index contributed by atoms with van der Waals surface area (Å²) in [6.07, 6.45) is 3.06. The van der Waals surface area contributed by atoms with Gasteiger partial charge >= 0.3 is 0 Å². The van der Waals surface area contributed by atoms with Gasteiger partial charge in [0.1, 0.15) is 23.1 Å². The Labute approximate surface area is 196 Å². The van der Waals surface area contributed by atoms with Crippen LogP contribution in [0.2, 0.25) is 0 Å². The van der Waals surface area contributed by atoms with Crippen molar-refractivity contribution in [2.75, 3.05) is 18.1 Å². The molecule has 7 nitrogen and oxygen atoms in total. The van der Waals surface area contributed by atoms with Crippen LogP contribution in [0.3, 0.4) is 0 Å². The number of hydrogen-bond donors (Lipinski definition) is 1. The summed E-state index contributed by atoms with van der Waals surface area (Å²) in [5, 5.41) is 11.4. The number of halogens is 1. The summed E-state index contributed by atoms with van der Waals surface area (Å²) < 4.78 is 24.8. The Kier molecular flexibility index (Phi) is 6.58. The monoisotopic (exact) mass is 462 g/mol. The van der Waals surface area contributed by atoms with Gasteiger partial charge in [-0.25, -0.2) is 4.39 Å². The van der Waals surface area contributed by atoms with Gasteiger partial charge in [-0.05, 0) is 67.9 Å². The minimum absolute atomic E-state index is 0.106. The van der Waals surface area contributed by atoms with Crippen LogP contribution in [0.15, 0.2) is 72.6 Å². The molecule has 0 radical (unpaired) electrons. The van der Waals surface area contributed by atoms with Crippen molar-refractivity contribution < 1.29 is 28.6 Å². The average Bonchev–Trinajstić information content (AvgIpc) is 3.11. The van der Waals surface area contributed by atoms with Crippen LogP contribution in [0.5, 0.6) is 11.5 Å². The van der Waals surface area contributed by atoms with Crippen LogP contribution >= 0.6 is 0 Å². The van der Waals surface area contributed by atoms with E-state index in [9.17, 15) is 19.1 Å². The van der Waals surface area contributed by atoms with Crippen LogP contribution in [0.4, 0.5) is 10.1 Å². The van der Waals surface area contributed by atoms with E-state index in [4.69, 9.17) is 9.47 Å². The highest BCUT2D eigenvalue weighted by molar-refractivity contribution is 6.51. The predicted octanol–water partition coefficient (Wildman–Crippen LogP) is 4.64. The summed E-state index contributed by atoms with van der Waals surface area (Å²) in [7, 11) is 0. The highest BCUT2D eigenvalue weighted by Gasteiger charge is 2.47. The number of aliphatic hydroxyl groups excluding tert-OH is 1. The Balaban J connectivity index is 1.92. The van der Waals surface area contributed by atoms with Gasteiger partial charge in [-0.15, -0.1) is 0 Å². The van der Waals surface area contributed by atoms with Crippen molar-refractivity contribution in [3.05, 3.63) is 89.5 Å². The molecule has 1 atom stereocenters. The highest BCUT2D eigenvalue weighted by Crippen LogP contribution is 2.43. The number of pyridine rings is 1. The Bertz CT molecular complexity index is 1240. The molecule has 174 valence electrons. The average molecular weight is 462 g/mol. The number of amides is 1. The molecule has 1 aliphatic rings. The van der Waals surface area contributed by atoms with E-state index in [1.54, 1.807) is 37.3 Å². The van der Waals surface area contributed by atoms with E-state index >= 15 is 0 Å². The number of carbonyl (C=O) groups excluding carboxylic acids is 2. The molecule has 1 aromatic heterocycles. The standard InChI is InChI=1S/C26H23FN2O5/c1-3-33-19-9-10-20(21(15-19)34-4-2)24(30)22-23(16-11-13-28-14-12-16)29(26(32)25(22)31)18-7-5-17(27)6-8-18/h5-15,23,30H,3-4H2,1-2H3/b24-22-. The van der Waals surface area contributed by atoms with E-state index in [1.165, 1.54) is 41.6 Å². The Hall–Kier alpha value is -4.20. The number of Topliss-reactive ketones (excluding diaryl/α,β-unsaturated/α-hetero) is 1. The van der Waals surface area contributed by atoms with E-state index in [1.807, 2.05) is 6.92 Å². The van der Waals surface area contributed by atoms with Crippen molar-refractivity contribution in [2.24, 2.45) is 0 Å². The van der Waals surface area contributed by atoms with Gasteiger partial charge in [0.15, 0.2) is 0 Å². The zero-order valence-corrected chi connectivity index (χ0v) is 18.7. The zero-order valence-electron chi connectivity index (χ0n) is 18.7. The van der Waals surface area contributed by atoms with E-state index in [0.717, 1.165) is 0 Å². The number of anilines is 1. The largest absolute Gasteiger partial charge is 0.507 e. The first-order chi connectivity index (χ1) is 16.5. The van der Waals surface area contributed by atoms with E-state index in [2.05, 4.69) is 4.98 Å². The maximum atomic E-state index is 13.5. The summed E-state index contributed by atoms with van der Waals surface area (Å²) >= 11 is 0. The molecule has 2 aromatic carbocycles. The number of ketones is 1. The molecule has 34 heavy (non-hydrogen) atoms. The molecule has 1 N–H and O–H groups in total. The second-order valence-corrected chi connectivity index (χ2v) is 7.45. The molecule has 1 aliphatic heterocycles. The van der Waals surface area contributed by atoms with Gasteiger partial charge in [0.05, 0.1) is 30.4 Å². The van der Waals surface area contributed by atoms with Crippen molar-refractivity contribution in [3.8, 4) is 11.5 Å². The van der Waals surface area contributed by atoms with Crippen LogP contribution in [0.25, 0.3) is 5.76 Å². The molecule has 0 saturated carbocycles. The topological polar surface area (TPSA) is 89.0 Å². The van der Waals surface area contributed by atoms with Crippen molar-refractivity contribution >= 4 is 23.1 Å². The molecule has 1 saturated heterocycles. The molecule has 0 spiro atoms. The number of ether oxygens (including phenoxy) is 2. The fraction of sp³-hybridized carbons (Fsp3) is 0.192. The summed E-state index contributed by atoms with van der Waals surface area (Å²) in [5.41, 5.74) is 1.03. The first-order valence-corrected chi connectivity index (χ1v) is 10.8. The Morgan fingerprint density at radius 3 is 2.32 bits per heavy atom. The van der Waals surface area contributed by atoms with Crippen molar-refractivity contribution in [1.29, 1.82) is 0 Å². The lowest BCUT2D eigenvalue weighted by atomic mass is 9.95. The van der Waals surface area contributed by atoms with Gasteiger partial charge in [-0.3, -0.25) is 19.5 Å². The third-order valence-electron chi connectivity index (χ3n) is 5.39. The first kappa shape index (κ1) is 23.0. The summed E-state index contributed by atoms with van der Waals surface area (Å²) in [6.45, 7) is 4.40. The molecular formula is C26H23FN2O5. The fourth-order valence-electron chi connectivity index (χ4n) is 3.94. The van der Waals surface area contributed by atoms with Crippen LogP contribution in [0.1, 0.15) is 31.0 Å². The van der Waals surface area contributed by atoms with Gasteiger partial charge in [0.25, 0.3) is 11.7 Å². The van der Waals surface area contributed by atoms with Crippen molar-refractivity contribution in [3.63, 3.8) is 0 Å². The fourth-order valence-corrected chi connectivity index (χ4v) is 3.94. The third-order valence-corrected chi connectivity index (χ3v) is 5.39. The second kappa shape index (κ2) is 9.74. The molecule has 0 aliphatic carbocycles. The maximum absolute atomic E-state index is 13.5. The van der Waals surface area contributed by atoms with Gasteiger partial charge in [0.2, 0.25) is 0 Å². The molecule has 1 amide bonds. The minimum Gasteiger partial charge on any atom is -0.507 e. The lowest BCUT2D eigenvalue weighted by Crippen LogP contribution is -2.29. The molecule has 4 rings (SSSR count). The summed E-state index contributed by atoms with van der Waals surface area (Å²) in [5.74, 6) is -1.70. The number of benzene rings is 2. The van der Waals surface area contributed by atoms with Gasteiger partial charge in [-0.1, -0.05) is 0 Å².